The maximum absolute atomic E-state index is 5.27. The highest BCUT2D eigenvalue weighted by atomic mass is 79.9. The molecule has 0 unspecified atom stereocenters. The first-order valence-electron chi connectivity index (χ1n) is 5.41. The fourth-order valence-corrected chi connectivity index (χ4v) is 2.84. The van der Waals surface area contributed by atoms with Gasteiger partial charge in [0.25, 0.3) is 0 Å². The van der Waals surface area contributed by atoms with Gasteiger partial charge in [0.05, 0.1) is 4.47 Å². The Hall–Kier alpha value is -0.590. The second-order valence-corrected chi connectivity index (χ2v) is 6.14. The summed E-state index contributed by atoms with van der Waals surface area (Å²) in [5.74, 6) is 1.00. The lowest BCUT2D eigenvalue weighted by atomic mass is 10.1. The summed E-state index contributed by atoms with van der Waals surface area (Å²) in [4.78, 5) is 12.0. The largest absolute Gasteiger partial charge is 0.341 e. The Bertz CT molecular complexity index is 637. The Kier molecular flexibility index (Phi) is 4.29. The first kappa shape index (κ1) is 13.8. The summed E-state index contributed by atoms with van der Waals surface area (Å²) in [7, 11) is 0. The van der Waals surface area contributed by atoms with Crippen molar-refractivity contribution >= 4 is 44.1 Å². The van der Waals surface area contributed by atoms with Crippen molar-refractivity contribution in [1.82, 2.24) is 15.0 Å². The van der Waals surface area contributed by atoms with Crippen molar-refractivity contribution < 1.29 is 0 Å². The molecule has 94 valence electrons. The summed E-state index contributed by atoms with van der Waals surface area (Å²) in [5, 5.41) is 0. The highest BCUT2D eigenvalue weighted by Gasteiger charge is 2.13. The van der Waals surface area contributed by atoms with Crippen LogP contribution in [0.1, 0.15) is 25.5 Å². The number of halogens is 2. The molecular formula is C12H11Br2N3S. The number of nitrogens with one attached hydrogen (secondary N) is 1. The smallest absolute Gasteiger partial charge is 0.159 e. The molecule has 0 amide bonds. The molecule has 6 heteroatoms. The third-order valence-electron chi connectivity index (χ3n) is 2.45. The van der Waals surface area contributed by atoms with Gasteiger partial charge in [-0.3, -0.25) is 4.98 Å². The van der Waals surface area contributed by atoms with Crippen LogP contribution in [0.15, 0.2) is 27.3 Å². The fraction of sp³-hybridized carbons (Fsp3) is 0.250. The molecule has 0 saturated heterocycles. The van der Waals surface area contributed by atoms with Gasteiger partial charge in [-0.15, -0.1) is 0 Å². The third-order valence-corrected chi connectivity index (χ3v) is 4.45. The summed E-state index contributed by atoms with van der Waals surface area (Å²) in [6, 6.07) is 3.79. The van der Waals surface area contributed by atoms with E-state index < -0.39 is 0 Å². The van der Waals surface area contributed by atoms with Gasteiger partial charge >= 0.3 is 0 Å². The van der Waals surface area contributed by atoms with E-state index in [4.69, 9.17) is 12.2 Å². The molecule has 0 aliphatic heterocycles. The van der Waals surface area contributed by atoms with Crippen molar-refractivity contribution in [2.45, 2.75) is 19.8 Å². The molecule has 0 spiro atoms. The van der Waals surface area contributed by atoms with Crippen LogP contribution < -0.4 is 0 Å². The minimum absolute atomic E-state index is 0.324. The van der Waals surface area contributed by atoms with Crippen LogP contribution in [-0.4, -0.2) is 15.0 Å². The molecule has 2 aromatic heterocycles. The fourth-order valence-electron chi connectivity index (χ4n) is 1.55. The lowest BCUT2D eigenvalue weighted by Gasteiger charge is -2.11. The maximum Gasteiger partial charge on any atom is 0.159 e. The van der Waals surface area contributed by atoms with Crippen molar-refractivity contribution in [2.75, 3.05) is 0 Å². The lowest BCUT2D eigenvalue weighted by Crippen LogP contribution is -2.01. The van der Waals surface area contributed by atoms with Crippen LogP contribution in [0.2, 0.25) is 0 Å². The van der Waals surface area contributed by atoms with Gasteiger partial charge in [0, 0.05) is 16.4 Å². The minimum atomic E-state index is 0.324. The lowest BCUT2D eigenvalue weighted by molar-refractivity contribution is 0.806. The number of nitrogens with zero attached hydrogens (tertiary/aromatic N) is 2. The van der Waals surface area contributed by atoms with Crippen LogP contribution in [0, 0.1) is 4.64 Å². The summed E-state index contributed by atoms with van der Waals surface area (Å²) in [6.07, 6.45) is 1.73. The molecule has 0 aliphatic rings. The summed E-state index contributed by atoms with van der Waals surface area (Å²) >= 11 is 12.2. The molecule has 2 heterocycles. The van der Waals surface area contributed by atoms with E-state index in [2.05, 4.69) is 60.7 Å². The molecule has 0 saturated carbocycles. The quantitative estimate of drug-likeness (QED) is 0.747. The first-order valence-corrected chi connectivity index (χ1v) is 7.40. The summed E-state index contributed by atoms with van der Waals surface area (Å²) in [5.41, 5.74) is 1.79. The first-order chi connectivity index (χ1) is 8.50. The number of H-pyrrole nitrogens is 1. The normalized spacial score (nSPS) is 10.9. The second-order valence-electron chi connectivity index (χ2n) is 4.11. The molecule has 0 bridgehead atoms. The zero-order chi connectivity index (χ0) is 13.3. The van der Waals surface area contributed by atoms with Gasteiger partial charge in [-0.1, -0.05) is 26.1 Å². The Morgan fingerprint density at radius 1 is 1.33 bits per heavy atom. The molecule has 2 aromatic rings. The van der Waals surface area contributed by atoms with Gasteiger partial charge in [0.1, 0.15) is 10.3 Å². The van der Waals surface area contributed by atoms with Crippen molar-refractivity contribution in [1.29, 1.82) is 0 Å². The second kappa shape index (κ2) is 5.59. The van der Waals surface area contributed by atoms with Crippen molar-refractivity contribution in [3.8, 4) is 11.5 Å². The van der Waals surface area contributed by atoms with Gasteiger partial charge in [0.15, 0.2) is 5.82 Å². The van der Waals surface area contributed by atoms with Gasteiger partial charge in [0.2, 0.25) is 0 Å². The van der Waals surface area contributed by atoms with Crippen LogP contribution in [-0.2, 0) is 0 Å². The van der Waals surface area contributed by atoms with Gasteiger partial charge in [-0.25, -0.2) is 4.98 Å². The molecular weight excluding hydrogens is 378 g/mol. The predicted molar refractivity (Wildman–Crippen MR) is 82.1 cm³/mol. The van der Waals surface area contributed by atoms with E-state index in [1.54, 1.807) is 6.20 Å². The predicted octanol–water partition coefficient (Wildman–Crippen LogP) is 4.85. The molecule has 0 radical (unpaired) electrons. The monoisotopic (exact) mass is 387 g/mol. The van der Waals surface area contributed by atoms with E-state index in [-0.39, 0.29) is 0 Å². The molecule has 0 atom stereocenters. The van der Waals surface area contributed by atoms with E-state index in [1.165, 1.54) is 0 Å². The summed E-state index contributed by atoms with van der Waals surface area (Å²) < 4.78 is 2.29. The van der Waals surface area contributed by atoms with Gasteiger partial charge in [-0.2, -0.15) is 0 Å². The highest BCUT2D eigenvalue weighted by molar-refractivity contribution is 9.11. The van der Waals surface area contributed by atoms with Crippen LogP contribution in [0.3, 0.4) is 0 Å². The van der Waals surface area contributed by atoms with E-state index in [0.29, 0.717) is 16.4 Å². The number of aromatic nitrogens is 3. The van der Waals surface area contributed by atoms with E-state index in [0.717, 1.165) is 20.3 Å². The average molecular weight is 389 g/mol. The Morgan fingerprint density at radius 2 is 2.06 bits per heavy atom. The molecule has 0 fully saturated rings. The number of hydrogen-bond donors (Lipinski definition) is 1. The molecule has 0 aliphatic carbocycles. The van der Waals surface area contributed by atoms with E-state index in [9.17, 15) is 0 Å². The molecule has 1 N–H and O–H groups in total. The number of rotatable bonds is 2. The van der Waals surface area contributed by atoms with Crippen LogP contribution in [0.4, 0.5) is 0 Å². The van der Waals surface area contributed by atoms with Crippen LogP contribution >= 0.6 is 44.1 Å². The maximum atomic E-state index is 5.27. The average Bonchev–Trinajstić information content (AvgIpc) is 2.33. The SMILES string of the molecule is CC(C)c1[nH]c(-c2ncccc2Br)nc(=S)c1Br. The zero-order valence-electron chi connectivity index (χ0n) is 9.87. The third kappa shape index (κ3) is 2.70. The van der Waals surface area contributed by atoms with Gasteiger partial charge < -0.3 is 4.98 Å². The molecule has 2 rings (SSSR count). The highest BCUT2D eigenvalue weighted by Crippen LogP contribution is 2.28. The van der Waals surface area contributed by atoms with Gasteiger partial charge in [-0.05, 0) is 49.9 Å². The van der Waals surface area contributed by atoms with Crippen LogP contribution in [0.25, 0.3) is 11.5 Å². The van der Waals surface area contributed by atoms with Crippen molar-refractivity contribution in [3.63, 3.8) is 0 Å². The molecule has 18 heavy (non-hydrogen) atoms. The minimum Gasteiger partial charge on any atom is -0.341 e. The van der Waals surface area contributed by atoms with Crippen molar-refractivity contribution in [3.05, 3.63) is 37.6 Å². The number of pyridine rings is 1. The molecule has 0 aromatic carbocycles. The van der Waals surface area contributed by atoms with Crippen molar-refractivity contribution in [2.24, 2.45) is 0 Å². The topological polar surface area (TPSA) is 41.6 Å². The Balaban J connectivity index is 2.67. The van der Waals surface area contributed by atoms with E-state index >= 15 is 0 Å². The summed E-state index contributed by atoms with van der Waals surface area (Å²) in [6.45, 7) is 4.20. The van der Waals surface area contributed by atoms with E-state index in [1.807, 2.05) is 12.1 Å². The Labute approximate surface area is 127 Å². The van der Waals surface area contributed by atoms with Crippen LogP contribution in [0.5, 0.6) is 0 Å². The molecule has 3 nitrogen and oxygen atoms in total. The number of aromatic amines is 1. The standard InChI is InChI=1S/C12H11Br2N3S/c1-6(2)9-8(14)12(18)17-11(16-9)10-7(13)4-3-5-15-10/h3-6H,1-2H3,(H,16,17,18). The Morgan fingerprint density at radius 3 is 2.67 bits per heavy atom. The zero-order valence-corrected chi connectivity index (χ0v) is 13.9. The number of hydrogen-bond acceptors (Lipinski definition) is 3.